The molecule has 36 heavy (non-hydrogen) atoms. The Morgan fingerprint density at radius 1 is 1.19 bits per heavy atom. The van der Waals surface area contributed by atoms with Crippen molar-refractivity contribution in [1.82, 2.24) is 15.1 Å². The summed E-state index contributed by atoms with van der Waals surface area (Å²) in [6.45, 7) is 0.0212. The summed E-state index contributed by atoms with van der Waals surface area (Å²) in [7, 11) is -10.1. The van der Waals surface area contributed by atoms with Gasteiger partial charge in [0, 0.05) is 6.54 Å². The number of nitrogens with one attached hydrogen (secondary N) is 2. The van der Waals surface area contributed by atoms with Crippen LogP contribution >= 0.6 is 33.4 Å². The number of nitriles is 1. The molecule has 8 nitrogen and oxygen atoms in total. The second-order valence-electron chi connectivity index (χ2n) is 8.79. The van der Waals surface area contributed by atoms with E-state index in [1.54, 1.807) is 6.07 Å². The average molecular weight is 574 g/mol. The lowest BCUT2D eigenvalue weighted by Crippen LogP contribution is -2.32. The van der Waals surface area contributed by atoms with Crippen LogP contribution in [0.3, 0.4) is 0 Å². The first-order chi connectivity index (χ1) is 16.5. The number of aromatic nitrogens is 2. The summed E-state index contributed by atoms with van der Waals surface area (Å²) >= 11 is 11.9. The van der Waals surface area contributed by atoms with Gasteiger partial charge in [0.2, 0.25) is 5.91 Å². The van der Waals surface area contributed by atoms with Crippen LogP contribution in [0.15, 0.2) is 17.0 Å². The SMILES string of the molecule is N#Cc1nn(-c2c(Cl)cc(S(F)(F)(F)(F)F)cc2Cl)c(NCC(=O)NCC2CC2)c1C1(C(=O)O)CC1. The Morgan fingerprint density at radius 2 is 1.78 bits per heavy atom. The fourth-order valence-electron chi connectivity index (χ4n) is 3.74. The van der Waals surface area contributed by atoms with Gasteiger partial charge in [-0.2, -0.15) is 10.4 Å². The van der Waals surface area contributed by atoms with Gasteiger partial charge in [-0.15, -0.1) is 0 Å². The van der Waals surface area contributed by atoms with Crippen LogP contribution in [0.5, 0.6) is 0 Å². The maximum Gasteiger partial charge on any atom is 0.314 e. The van der Waals surface area contributed by atoms with Gasteiger partial charge >= 0.3 is 16.2 Å². The van der Waals surface area contributed by atoms with Crippen LogP contribution in [0.25, 0.3) is 5.69 Å². The number of hydrogen-bond donors (Lipinski definition) is 3. The van der Waals surface area contributed by atoms with Gasteiger partial charge in [0.05, 0.1) is 27.6 Å². The molecule has 0 bridgehead atoms. The highest BCUT2D eigenvalue weighted by Gasteiger charge is 2.65. The number of anilines is 1. The molecule has 4 rings (SSSR count). The van der Waals surface area contributed by atoms with E-state index in [2.05, 4.69) is 15.7 Å². The van der Waals surface area contributed by atoms with E-state index in [1.165, 1.54) is 0 Å². The maximum atomic E-state index is 13.3. The summed E-state index contributed by atoms with van der Waals surface area (Å²) < 4.78 is 67.4. The van der Waals surface area contributed by atoms with Crippen molar-refractivity contribution in [2.45, 2.75) is 36.0 Å². The van der Waals surface area contributed by atoms with Crippen LogP contribution in [-0.2, 0) is 15.0 Å². The van der Waals surface area contributed by atoms with E-state index >= 15 is 0 Å². The number of amides is 1. The molecular weight excluding hydrogens is 556 g/mol. The van der Waals surface area contributed by atoms with E-state index in [-0.39, 0.29) is 36.4 Å². The van der Waals surface area contributed by atoms with Crippen molar-refractivity contribution in [1.29, 1.82) is 5.26 Å². The monoisotopic (exact) mass is 573 g/mol. The van der Waals surface area contributed by atoms with Crippen molar-refractivity contribution >= 4 is 51.1 Å². The third-order valence-electron chi connectivity index (χ3n) is 5.98. The van der Waals surface area contributed by atoms with Crippen LogP contribution in [0, 0.1) is 17.2 Å². The minimum absolute atomic E-state index is 0.0199. The van der Waals surface area contributed by atoms with Gasteiger partial charge in [-0.05, 0) is 43.7 Å². The van der Waals surface area contributed by atoms with Crippen molar-refractivity contribution in [3.63, 3.8) is 0 Å². The molecule has 2 saturated carbocycles. The van der Waals surface area contributed by atoms with Gasteiger partial charge in [-0.1, -0.05) is 42.6 Å². The van der Waals surface area contributed by atoms with E-state index in [0.29, 0.717) is 12.5 Å². The van der Waals surface area contributed by atoms with Gasteiger partial charge in [-0.3, -0.25) is 9.59 Å². The molecule has 3 N–H and O–H groups in total. The van der Waals surface area contributed by atoms with Crippen LogP contribution in [-0.4, -0.2) is 39.9 Å². The molecule has 1 aromatic carbocycles. The van der Waals surface area contributed by atoms with Gasteiger partial charge in [0.25, 0.3) is 0 Å². The largest absolute Gasteiger partial charge is 0.481 e. The topological polar surface area (TPSA) is 120 Å². The standard InChI is InChI=1S/C20H18Cl2F5N5O3S/c21-12-5-11(36(23,24,25,26)27)6-13(22)17(12)32-18(30-9-15(33)29-8-10-1-2-10)16(14(7-28)31-32)20(3-4-20)19(34)35/h5-6,10,30H,1-4,8-9H2,(H,29,33)(H,34,35). The molecule has 0 atom stereocenters. The lowest BCUT2D eigenvalue weighted by molar-refractivity contribution is -0.140. The number of carboxylic acid groups (broad SMARTS) is 1. The van der Waals surface area contributed by atoms with Crippen molar-refractivity contribution in [3.05, 3.63) is 33.4 Å². The molecule has 16 heteroatoms. The van der Waals surface area contributed by atoms with Gasteiger partial charge in [-0.25, -0.2) is 4.68 Å². The highest BCUT2D eigenvalue weighted by atomic mass is 35.5. The first kappa shape index (κ1) is 26.3. The van der Waals surface area contributed by atoms with E-state index in [4.69, 9.17) is 23.2 Å². The molecule has 1 heterocycles. The average Bonchev–Trinajstić information content (AvgIpc) is 3.66. The first-order valence-electron chi connectivity index (χ1n) is 10.5. The van der Waals surface area contributed by atoms with Gasteiger partial charge in [0.15, 0.2) is 5.69 Å². The molecule has 0 aliphatic heterocycles. The first-order valence-corrected chi connectivity index (χ1v) is 13.2. The number of aliphatic carboxylic acids is 1. The number of benzene rings is 1. The number of rotatable bonds is 9. The molecule has 196 valence electrons. The Morgan fingerprint density at radius 3 is 2.22 bits per heavy atom. The van der Waals surface area contributed by atoms with Crippen molar-refractivity contribution in [2.24, 2.45) is 5.92 Å². The summed E-state index contributed by atoms with van der Waals surface area (Å²) in [6, 6.07) is 1.69. The van der Waals surface area contributed by atoms with E-state index in [9.17, 15) is 39.4 Å². The molecule has 1 aromatic heterocycles. The molecule has 2 fully saturated rings. The van der Waals surface area contributed by atoms with Crippen molar-refractivity contribution in [3.8, 4) is 11.8 Å². The summed E-state index contributed by atoms with van der Waals surface area (Å²) in [4.78, 5) is 22.0. The Balaban J connectivity index is 1.83. The van der Waals surface area contributed by atoms with Crippen molar-refractivity contribution < 1.29 is 34.1 Å². The fraction of sp³-hybridized carbons (Fsp3) is 0.400. The quantitative estimate of drug-likeness (QED) is 0.328. The Kier molecular flexibility index (Phi) is 5.75. The molecule has 2 aliphatic rings. The number of carbonyl (C=O) groups is 2. The third kappa shape index (κ3) is 5.05. The zero-order valence-corrected chi connectivity index (χ0v) is 20.5. The minimum atomic E-state index is -10.1. The molecule has 0 saturated heterocycles. The van der Waals surface area contributed by atoms with Crippen LogP contribution in [0.4, 0.5) is 25.2 Å². The predicted octanol–water partition coefficient (Wildman–Crippen LogP) is 5.76. The second kappa shape index (κ2) is 7.87. The van der Waals surface area contributed by atoms with E-state index < -0.39 is 60.4 Å². The zero-order valence-electron chi connectivity index (χ0n) is 18.1. The minimum Gasteiger partial charge on any atom is -0.481 e. The Bertz CT molecular complexity index is 1310. The molecular formula is C20H18Cl2F5N5O3S. The number of halogens is 7. The third-order valence-corrected chi connectivity index (χ3v) is 7.68. The fourth-order valence-corrected chi connectivity index (χ4v) is 5.20. The Labute approximate surface area is 211 Å². The smallest absolute Gasteiger partial charge is 0.314 e. The molecule has 0 unspecified atom stereocenters. The van der Waals surface area contributed by atoms with Crippen LogP contribution in [0.2, 0.25) is 10.0 Å². The number of hydrogen-bond acceptors (Lipinski definition) is 5. The normalized spacial score (nSPS) is 18.5. The molecule has 0 spiro atoms. The Hall–Kier alpha value is -2.76. The van der Waals surface area contributed by atoms with Gasteiger partial charge < -0.3 is 15.7 Å². The van der Waals surface area contributed by atoms with E-state index in [1.807, 2.05) is 0 Å². The van der Waals surface area contributed by atoms with Crippen molar-refractivity contribution in [2.75, 3.05) is 18.4 Å². The highest BCUT2D eigenvalue weighted by Crippen LogP contribution is 3.02. The van der Waals surface area contributed by atoms with Gasteiger partial charge in [0.1, 0.15) is 22.5 Å². The predicted molar refractivity (Wildman–Crippen MR) is 122 cm³/mol. The van der Waals surface area contributed by atoms with Crippen LogP contribution < -0.4 is 10.6 Å². The maximum absolute atomic E-state index is 13.3. The number of carbonyl (C=O) groups excluding carboxylic acids is 1. The lowest BCUT2D eigenvalue weighted by Gasteiger charge is -2.40. The highest BCUT2D eigenvalue weighted by molar-refractivity contribution is 8.45. The zero-order chi connectivity index (χ0) is 26.7. The molecule has 2 aliphatic carbocycles. The molecule has 1 amide bonds. The summed E-state index contributed by atoms with van der Waals surface area (Å²) in [6.07, 6.45) is 2.19. The second-order valence-corrected chi connectivity index (χ2v) is 12.0. The number of nitrogens with zero attached hydrogens (tertiary/aromatic N) is 3. The summed E-state index contributed by atoms with van der Waals surface area (Å²) in [5.74, 6) is -1.62. The van der Waals surface area contributed by atoms with E-state index in [0.717, 1.165) is 17.5 Å². The molecule has 2 aromatic rings. The summed E-state index contributed by atoms with van der Waals surface area (Å²) in [5, 5.41) is 27.0. The van der Waals surface area contributed by atoms with Crippen LogP contribution in [0.1, 0.15) is 36.9 Å². The lowest BCUT2D eigenvalue weighted by atomic mass is 9.95. The molecule has 0 radical (unpaired) electrons. The summed E-state index contributed by atoms with van der Waals surface area (Å²) in [5.41, 5.74) is -2.57. The number of carboxylic acids is 1.